The maximum Gasteiger partial charge on any atom is 0.200 e. The summed E-state index contributed by atoms with van der Waals surface area (Å²) in [5, 5.41) is 0.535. The van der Waals surface area contributed by atoms with E-state index in [9.17, 15) is 4.79 Å². The van der Waals surface area contributed by atoms with E-state index in [2.05, 4.69) is 15.9 Å². The van der Waals surface area contributed by atoms with Gasteiger partial charge in [-0.25, -0.2) is 0 Å². The van der Waals surface area contributed by atoms with E-state index >= 15 is 0 Å². The Balaban J connectivity index is 1.53. The third kappa shape index (κ3) is 4.07. The van der Waals surface area contributed by atoms with Crippen LogP contribution in [0.4, 0.5) is 0 Å². The summed E-state index contributed by atoms with van der Waals surface area (Å²) in [4.78, 5) is 12.8. The normalized spacial score (nSPS) is 11.2. The second-order valence-electron chi connectivity index (χ2n) is 6.27. The number of hydrogen-bond donors (Lipinski definition) is 0. The first-order valence-corrected chi connectivity index (χ1v) is 9.66. The van der Waals surface area contributed by atoms with Crippen molar-refractivity contribution < 1.29 is 9.15 Å². The Bertz CT molecular complexity index is 1180. The second kappa shape index (κ2) is 8.28. The molecule has 0 atom stereocenters. The van der Waals surface area contributed by atoms with Crippen molar-refractivity contribution in [2.75, 3.05) is 6.61 Å². The minimum absolute atomic E-state index is 0.0564. The molecule has 0 unspecified atom stereocenters. The monoisotopic (exact) mass is 432 g/mol. The van der Waals surface area contributed by atoms with Crippen LogP contribution in [0.15, 0.2) is 98.8 Å². The highest BCUT2D eigenvalue weighted by molar-refractivity contribution is 9.10. The molecule has 3 nitrogen and oxygen atoms in total. The van der Waals surface area contributed by atoms with Gasteiger partial charge < -0.3 is 9.15 Å². The Labute approximate surface area is 171 Å². The van der Waals surface area contributed by atoms with Crippen LogP contribution in [-0.4, -0.2) is 6.61 Å². The number of benzene rings is 3. The lowest BCUT2D eigenvalue weighted by Crippen LogP contribution is -2.05. The van der Waals surface area contributed by atoms with Crippen LogP contribution < -0.4 is 10.2 Å². The standard InChI is InChI=1S/C24H17BrO3/c25-19-10-8-18(9-11-19)22-16-28-23-15-20(12-13-21(23)24(22)26)27-14-4-7-17-5-2-1-3-6-17/h1-13,15-16H,14H2/b7-4+. The number of hydrogen-bond acceptors (Lipinski definition) is 3. The molecule has 4 aromatic rings. The largest absolute Gasteiger partial charge is 0.489 e. The molecule has 0 spiro atoms. The number of halogens is 1. The van der Waals surface area contributed by atoms with Gasteiger partial charge in [-0.05, 0) is 41.5 Å². The van der Waals surface area contributed by atoms with Crippen molar-refractivity contribution in [3.8, 4) is 16.9 Å². The first kappa shape index (κ1) is 18.3. The van der Waals surface area contributed by atoms with Gasteiger partial charge in [-0.3, -0.25) is 4.79 Å². The first-order valence-electron chi connectivity index (χ1n) is 8.86. The predicted molar refractivity (Wildman–Crippen MR) is 117 cm³/mol. The molecule has 138 valence electrons. The molecular weight excluding hydrogens is 416 g/mol. The van der Waals surface area contributed by atoms with Crippen molar-refractivity contribution in [3.63, 3.8) is 0 Å². The summed E-state index contributed by atoms with van der Waals surface area (Å²) in [5.74, 6) is 0.657. The number of ether oxygens (including phenoxy) is 1. The van der Waals surface area contributed by atoms with E-state index in [-0.39, 0.29) is 5.43 Å². The second-order valence-corrected chi connectivity index (χ2v) is 7.18. The molecule has 0 amide bonds. The molecule has 0 radical (unpaired) electrons. The lowest BCUT2D eigenvalue weighted by Gasteiger charge is -2.06. The molecule has 0 saturated carbocycles. The quantitative estimate of drug-likeness (QED) is 0.370. The smallest absolute Gasteiger partial charge is 0.200 e. The van der Waals surface area contributed by atoms with Crippen LogP contribution in [0.25, 0.3) is 28.2 Å². The molecule has 0 bridgehead atoms. The molecule has 0 N–H and O–H groups in total. The third-order valence-electron chi connectivity index (χ3n) is 4.36. The summed E-state index contributed by atoms with van der Waals surface area (Å²) in [7, 11) is 0. The summed E-state index contributed by atoms with van der Waals surface area (Å²) < 4.78 is 12.4. The number of rotatable bonds is 5. The van der Waals surface area contributed by atoms with Crippen LogP contribution in [0, 0.1) is 0 Å². The lowest BCUT2D eigenvalue weighted by molar-refractivity contribution is 0.363. The highest BCUT2D eigenvalue weighted by atomic mass is 79.9. The first-order chi connectivity index (χ1) is 13.7. The van der Waals surface area contributed by atoms with Crippen LogP contribution in [0.1, 0.15) is 5.56 Å². The molecule has 0 aliphatic carbocycles. The highest BCUT2D eigenvalue weighted by Gasteiger charge is 2.10. The lowest BCUT2D eigenvalue weighted by atomic mass is 10.1. The predicted octanol–water partition coefficient (Wildman–Crippen LogP) is 6.31. The van der Waals surface area contributed by atoms with E-state index in [0.29, 0.717) is 28.9 Å². The minimum Gasteiger partial charge on any atom is -0.489 e. The maximum atomic E-state index is 12.8. The zero-order chi connectivity index (χ0) is 19.3. The van der Waals surface area contributed by atoms with Gasteiger partial charge in [0.05, 0.1) is 10.9 Å². The molecule has 0 fully saturated rings. The van der Waals surface area contributed by atoms with Gasteiger partial charge in [-0.2, -0.15) is 0 Å². The van der Waals surface area contributed by atoms with Crippen molar-refractivity contribution >= 4 is 33.0 Å². The molecule has 0 saturated heterocycles. The van der Waals surface area contributed by atoms with Crippen molar-refractivity contribution in [1.29, 1.82) is 0 Å². The maximum absolute atomic E-state index is 12.8. The van der Waals surface area contributed by atoms with Crippen LogP contribution in [-0.2, 0) is 0 Å². The van der Waals surface area contributed by atoms with Gasteiger partial charge in [0.1, 0.15) is 24.2 Å². The van der Waals surface area contributed by atoms with E-state index in [1.54, 1.807) is 18.2 Å². The molecule has 3 aromatic carbocycles. The Kier molecular flexibility index (Phi) is 5.40. The van der Waals surface area contributed by atoms with Crippen LogP contribution >= 0.6 is 15.9 Å². The van der Waals surface area contributed by atoms with Crippen molar-refractivity contribution in [1.82, 2.24) is 0 Å². The Morgan fingerprint density at radius 3 is 2.54 bits per heavy atom. The van der Waals surface area contributed by atoms with E-state index < -0.39 is 0 Å². The summed E-state index contributed by atoms with van der Waals surface area (Å²) >= 11 is 3.40. The van der Waals surface area contributed by atoms with Gasteiger partial charge in [0.25, 0.3) is 0 Å². The van der Waals surface area contributed by atoms with Gasteiger partial charge in [0, 0.05) is 10.5 Å². The fourth-order valence-corrected chi connectivity index (χ4v) is 3.18. The van der Waals surface area contributed by atoms with Crippen LogP contribution in [0.5, 0.6) is 5.75 Å². The summed E-state index contributed by atoms with van der Waals surface area (Å²) in [6.07, 6.45) is 5.46. The number of fused-ring (bicyclic) bond motifs is 1. The SMILES string of the molecule is O=c1c(-c2ccc(Br)cc2)coc2cc(OC/C=C/c3ccccc3)ccc12. The van der Waals surface area contributed by atoms with Gasteiger partial charge in [0.2, 0.25) is 0 Å². The molecule has 28 heavy (non-hydrogen) atoms. The zero-order valence-electron chi connectivity index (χ0n) is 15.0. The van der Waals surface area contributed by atoms with Gasteiger partial charge in [-0.1, -0.05) is 64.5 Å². The topological polar surface area (TPSA) is 39.4 Å². The summed E-state index contributed by atoms with van der Waals surface area (Å²) in [5.41, 5.74) is 2.94. The Morgan fingerprint density at radius 2 is 1.75 bits per heavy atom. The van der Waals surface area contributed by atoms with Crippen LogP contribution in [0.2, 0.25) is 0 Å². The van der Waals surface area contributed by atoms with Gasteiger partial charge in [0.15, 0.2) is 5.43 Å². The third-order valence-corrected chi connectivity index (χ3v) is 4.89. The fraction of sp³-hybridized carbons (Fsp3) is 0.0417. The van der Waals surface area contributed by atoms with Gasteiger partial charge in [-0.15, -0.1) is 0 Å². The van der Waals surface area contributed by atoms with Crippen molar-refractivity contribution in [2.45, 2.75) is 0 Å². The van der Waals surface area contributed by atoms with Crippen LogP contribution in [0.3, 0.4) is 0 Å². The average Bonchev–Trinajstić information content (AvgIpc) is 2.73. The molecular formula is C24H17BrO3. The van der Waals surface area contributed by atoms with Crippen molar-refractivity contribution in [2.24, 2.45) is 0 Å². The highest BCUT2D eigenvalue weighted by Crippen LogP contribution is 2.24. The summed E-state index contributed by atoms with van der Waals surface area (Å²) in [6, 6.07) is 22.9. The van der Waals surface area contributed by atoms with E-state index in [1.807, 2.05) is 66.7 Å². The molecule has 1 aromatic heterocycles. The van der Waals surface area contributed by atoms with Crippen molar-refractivity contribution in [3.05, 3.63) is 105 Å². The Hall–Kier alpha value is -3.11. The fourth-order valence-electron chi connectivity index (χ4n) is 2.92. The van der Waals surface area contributed by atoms with E-state index in [0.717, 1.165) is 15.6 Å². The van der Waals surface area contributed by atoms with E-state index in [1.165, 1.54) is 6.26 Å². The minimum atomic E-state index is -0.0564. The summed E-state index contributed by atoms with van der Waals surface area (Å²) in [6.45, 7) is 0.432. The molecule has 4 heteroatoms. The molecule has 0 aliphatic heterocycles. The molecule has 0 aliphatic rings. The molecule has 1 heterocycles. The van der Waals surface area contributed by atoms with Gasteiger partial charge >= 0.3 is 0 Å². The molecule has 4 rings (SSSR count). The zero-order valence-corrected chi connectivity index (χ0v) is 16.6. The average molecular weight is 433 g/mol. The van der Waals surface area contributed by atoms with E-state index in [4.69, 9.17) is 9.15 Å². The Morgan fingerprint density at radius 1 is 0.964 bits per heavy atom.